The summed E-state index contributed by atoms with van der Waals surface area (Å²) in [6.45, 7) is 4.94. The molecule has 2 atom stereocenters. The van der Waals surface area contributed by atoms with E-state index in [-0.39, 0.29) is 18.5 Å². The van der Waals surface area contributed by atoms with Crippen molar-refractivity contribution < 1.29 is 24.5 Å². The molecule has 6 nitrogen and oxygen atoms in total. The molecule has 0 saturated carbocycles. The van der Waals surface area contributed by atoms with E-state index in [1.165, 1.54) is 392 Å². The number of rotatable bonds is 80. The Morgan fingerprint density at radius 2 is 0.538 bits per heavy atom. The van der Waals surface area contributed by atoms with Crippen LogP contribution in [0.25, 0.3) is 0 Å². The fourth-order valence-electron chi connectivity index (χ4n) is 13.4. The van der Waals surface area contributed by atoms with Crippen LogP contribution in [0.2, 0.25) is 0 Å². The maximum Gasteiger partial charge on any atom is 0.305 e. The number of carbonyl (C=O) groups is 2. The van der Waals surface area contributed by atoms with Crippen molar-refractivity contribution in [3.63, 3.8) is 0 Å². The summed E-state index contributed by atoms with van der Waals surface area (Å²) < 4.78 is 5.51. The first-order valence-corrected chi connectivity index (χ1v) is 42.4. The number of hydrogen-bond acceptors (Lipinski definition) is 5. The van der Waals surface area contributed by atoms with Crippen LogP contribution in [0, 0.1) is 0 Å². The smallest absolute Gasteiger partial charge is 0.305 e. The Labute approximate surface area is 582 Å². The number of aliphatic hydroxyl groups is 2. The zero-order valence-corrected chi connectivity index (χ0v) is 63.0. The quantitative estimate of drug-likeness (QED) is 0.0320. The predicted molar refractivity (Wildman–Crippen MR) is 412 cm³/mol. The van der Waals surface area contributed by atoms with E-state index in [4.69, 9.17) is 4.74 Å². The molecule has 0 aromatic carbocycles. The predicted octanol–water partition coefficient (Wildman–Crippen LogP) is 28.3. The Morgan fingerprint density at radius 1 is 0.301 bits per heavy atom. The first kappa shape index (κ1) is 90.8. The molecule has 0 saturated heterocycles. The van der Waals surface area contributed by atoms with Crippen LogP contribution in [-0.2, 0) is 14.3 Å². The van der Waals surface area contributed by atoms with Gasteiger partial charge in [0.1, 0.15) is 0 Å². The first-order chi connectivity index (χ1) is 46.0. The first-order valence-electron chi connectivity index (χ1n) is 42.4. The van der Waals surface area contributed by atoms with Crippen LogP contribution in [-0.4, -0.2) is 47.4 Å². The lowest BCUT2D eigenvalue weighted by molar-refractivity contribution is -0.143. The lowest BCUT2D eigenvalue weighted by Gasteiger charge is -2.20. The third kappa shape index (κ3) is 78.7. The molecule has 0 aromatic heterocycles. The summed E-state index contributed by atoms with van der Waals surface area (Å²) in [4.78, 5) is 24.7. The Bertz CT molecular complexity index is 1550. The maximum absolute atomic E-state index is 12.6. The van der Waals surface area contributed by atoms with Crippen molar-refractivity contribution in [1.29, 1.82) is 0 Å². The van der Waals surface area contributed by atoms with Gasteiger partial charge in [-0.25, -0.2) is 0 Å². The fourth-order valence-corrected chi connectivity index (χ4v) is 13.4. The van der Waals surface area contributed by atoms with E-state index in [0.29, 0.717) is 19.4 Å². The number of allylic oxidation sites excluding steroid dienone is 7. The molecule has 0 heterocycles. The SMILES string of the molecule is CCCCCC/C=C\C/C=C\CCCCCCCCCC(=O)OCCCCCCCCCCCCCC/C=C\CCCCCCCCCCCCCCCCCCCC(=O)NC(CO)C(O)/C=C/CCCCCCCCCCCCCCCCCCCCCCCCC. The molecule has 0 spiro atoms. The van der Waals surface area contributed by atoms with Crippen molar-refractivity contribution in [1.82, 2.24) is 5.32 Å². The molecular formula is C87H165NO5. The number of nitrogens with one attached hydrogen (secondary N) is 1. The van der Waals surface area contributed by atoms with Crippen molar-refractivity contribution in [2.75, 3.05) is 13.2 Å². The van der Waals surface area contributed by atoms with Crippen molar-refractivity contribution in [3.05, 3.63) is 48.6 Å². The average molecular weight is 1310 g/mol. The molecule has 2 unspecified atom stereocenters. The number of hydrogen-bond donors (Lipinski definition) is 3. The second-order valence-electron chi connectivity index (χ2n) is 29.2. The van der Waals surface area contributed by atoms with Gasteiger partial charge in [-0.15, -0.1) is 0 Å². The van der Waals surface area contributed by atoms with Gasteiger partial charge in [0.25, 0.3) is 0 Å². The zero-order valence-electron chi connectivity index (χ0n) is 63.0. The Balaban J connectivity index is 3.38. The van der Waals surface area contributed by atoms with E-state index < -0.39 is 12.1 Å². The van der Waals surface area contributed by atoms with Crippen molar-refractivity contribution in [2.24, 2.45) is 0 Å². The summed E-state index contributed by atoms with van der Waals surface area (Å²) in [5.41, 5.74) is 0. The number of ether oxygens (including phenoxy) is 1. The van der Waals surface area contributed by atoms with Gasteiger partial charge >= 0.3 is 5.97 Å². The van der Waals surface area contributed by atoms with Crippen LogP contribution in [0.15, 0.2) is 48.6 Å². The van der Waals surface area contributed by atoms with Gasteiger partial charge in [-0.05, 0) is 89.9 Å². The molecule has 0 rings (SSSR count). The van der Waals surface area contributed by atoms with E-state index in [1.807, 2.05) is 6.08 Å². The summed E-state index contributed by atoms with van der Waals surface area (Å²) in [5.74, 6) is -0.0480. The molecule has 0 fully saturated rings. The van der Waals surface area contributed by atoms with Gasteiger partial charge in [0.05, 0.1) is 25.4 Å². The highest BCUT2D eigenvalue weighted by atomic mass is 16.5. The molecule has 548 valence electrons. The molecule has 0 aliphatic heterocycles. The third-order valence-electron chi connectivity index (χ3n) is 19.8. The Hall–Kier alpha value is -2.18. The topological polar surface area (TPSA) is 95.9 Å². The number of aliphatic hydroxyl groups excluding tert-OH is 2. The maximum atomic E-state index is 12.6. The summed E-state index contributed by atoms with van der Waals surface area (Å²) >= 11 is 0. The van der Waals surface area contributed by atoms with Gasteiger partial charge in [-0.3, -0.25) is 9.59 Å². The van der Waals surface area contributed by atoms with Gasteiger partial charge in [0.2, 0.25) is 5.91 Å². The van der Waals surface area contributed by atoms with Gasteiger partial charge in [0.15, 0.2) is 0 Å². The second-order valence-corrected chi connectivity index (χ2v) is 29.2. The monoisotopic (exact) mass is 1300 g/mol. The summed E-state index contributed by atoms with van der Waals surface area (Å²) in [6.07, 6.45) is 110. The highest BCUT2D eigenvalue weighted by Crippen LogP contribution is 2.20. The molecule has 6 heteroatoms. The fraction of sp³-hybridized carbons (Fsp3) is 0.885. The van der Waals surface area contributed by atoms with E-state index in [2.05, 4.69) is 55.6 Å². The molecule has 93 heavy (non-hydrogen) atoms. The number of amides is 1. The molecule has 3 N–H and O–H groups in total. The van der Waals surface area contributed by atoms with Crippen LogP contribution in [0.5, 0.6) is 0 Å². The van der Waals surface area contributed by atoms with Crippen LogP contribution in [0.4, 0.5) is 0 Å². The zero-order chi connectivity index (χ0) is 67.0. The molecule has 1 amide bonds. The van der Waals surface area contributed by atoms with Crippen LogP contribution in [0.1, 0.15) is 470 Å². The van der Waals surface area contributed by atoms with Gasteiger partial charge in [-0.2, -0.15) is 0 Å². The van der Waals surface area contributed by atoms with Gasteiger partial charge in [-0.1, -0.05) is 416 Å². The molecule has 0 aliphatic rings. The molecule has 0 radical (unpaired) electrons. The normalized spacial score (nSPS) is 12.7. The Morgan fingerprint density at radius 3 is 0.839 bits per heavy atom. The third-order valence-corrected chi connectivity index (χ3v) is 19.8. The van der Waals surface area contributed by atoms with Crippen molar-refractivity contribution in [2.45, 2.75) is 482 Å². The van der Waals surface area contributed by atoms with E-state index in [9.17, 15) is 19.8 Å². The minimum Gasteiger partial charge on any atom is -0.466 e. The summed E-state index contributed by atoms with van der Waals surface area (Å²) in [6, 6.07) is -0.628. The van der Waals surface area contributed by atoms with Gasteiger partial charge in [0, 0.05) is 12.8 Å². The highest BCUT2D eigenvalue weighted by molar-refractivity contribution is 5.76. The van der Waals surface area contributed by atoms with Gasteiger partial charge < -0.3 is 20.3 Å². The molecule has 0 aromatic rings. The summed E-state index contributed by atoms with van der Waals surface area (Å²) in [5, 5.41) is 23.3. The minimum atomic E-state index is -0.845. The van der Waals surface area contributed by atoms with Crippen LogP contribution >= 0.6 is 0 Å². The minimum absolute atomic E-state index is 0.0118. The second kappa shape index (κ2) is 82.2. The number of carbonyl (C=O) groups excluding carboxylic acids is 2. The summed E-state index contributed by atoms with van der Waals surface area (Å²) in [7, 11) is 0. The van der Waals surface area contributed by atoms with E-state index in [1.54, 1.807) is 6.08 Å². The highest BCUT2D eigenvalue weighted by Gasteiger charge is 2.18. The number of unbranched alkanes of at least 4 members (excludes halogenated alkanes) is 63. The lowest BCUT2D eigenvalue weighted by Crippen LogP contribution is -2.45. The largest absolute Gasteiger partial charge is 0.466 e. The van der Waals surface area contributed by atoms with Crippen molar-refractivity contribution >= 4 is 11.9 Å². The van der Waals surface area contributed by atoms with E-state index in [0.717, 1.165) is 51.4 Å². The van der Waals surface area contributed by atoms with Crippen molar-refractivity contribution in [3.8, 4) is 0 Å². The lowest BCUT2D eigenvalue weighted by atomic mass is 10.0. The van der Waals surface area contributed by atoms with Crippen LogP contribution < -0.4 is 5.32 Å². The standard InChI is InChI=1S/C87H165NO5/c1-3-5-7-9-11-13-15-17-19-21-23-24-25-35-38-41-44-47-51-55-59-63-67-71-75-79-85(90)84(83-89)88-86(91)80-76-72-68-64-60-56-52-48-45-42-39-36-33-31-29-27-26-28-30-32-34-37-40-43-46-50-54-58-62-66-70-74-78-82-93-87(92)81-77-73-69-65-61-57-53-49-22-20-18-16-14-12-10-8-6-4-2/h14,16,20,22,30,32,75,79,84-85,89-90H,3-13,15,17-19,21,23-29,31,33-74,76-78,80-83H2,1-2H3,(H,88,91)/b16-14-,22-20-,32-30-,79-75+. The molecular weight excluding hydrogens is 1140 g/mol. The molecule has 0 bridgehead atoms. The number of esters is 1. The van der Waals surface area contributed by atoms with E-state index >= 15 is 0 Å². The molecule has 0 aliphatic carbocycles. The van der Waals surface area contributed by atoms with Crippen LogP contribution in [0.3, 0.4) is 0 Å². The average Bonchev–Trinajstić information content (AvgIpc) is 3.78. The Kier molecular flexibility index (Phi) is 80.3.